The summed E-state index contributed by atoms with van der Waals surface area (Å²) in [5.41, 5.74) is 1.22. The third kappa shape index (κ3) is 3.17. The number of aliphatic hydroxyl groups excluding tert-OH is 1. The van der Waals surface area contributed by atoms with Gasteiger partial charge in [-0.05, 0) is 25.0 Å². The first-order valence-corrected chi connectivity index (χ1v) is 6.19. The van der Waals surface area contributed by atoms with Gasteiger partial charge in [-0.2, -0.15) is 0 Å². The van der Waals surface area contributed by atoms with Gasteiger partial charge in [-0.15, -0.1) is 0 Å². The Labute approximate surface area is 113 Å². The Hall–Kier alpha value is -1.75. The standard InChI is InChI=1S/C14H20O5/c1-5-9-10(12(15)14(16)19-6-2)7-8-11(17-3)13(9)18-4/h7-8,12,15H,5-6H2,1-4H3. The van der Waals surface area contributed by atoms with E-state index in [0.29, 0.717) is 23.5 Å². The molecule has 0 radical (unpaired) electrons. The van der Waals surface area contributed by atoms with Crippen LogP contribution in [0.15, 0.2) is 12.1 Å². The van der Waals surface area contributed by atoms with Crippen molar-refractivity contribution in [1.82, 2.24) is 0 Å². The molecule has 5 heteroatoms. The fourth-order valence-electron chi connectivity index (χ4n) is 1.98. The number of methoxy groups -OCH3 is 2. The van der Waals surface area contributed by atoms with Crippen molar-refractivity contribution >= 4 is 5.97 Å². The van der Waals surface area contributed by atoms with Crippen LogP contribution in [0.1, 0.15) is 31.1 Å². The summed E-state index contributed by atoms with van der Waals surface area (Å²) < 4.78 is 15.3. The zero-order chi connectivity index (χ0) is 14.4. The third-order valence-corrected chi connectivity index (χ3v) is 2.84. The first-order chi connectivity index (χ1) is 9.10. The van der Waals surface area contributed by atoms with E-state index >= 15 is 0 Å². The molecule has 0 aliphatic rings. The molecule has 1 aromatic carbocycles. The number of carbonyl (C=O) groups excluding carboxylic acids is 1. The van der Waals surface area contributed by atoms with E-state index in [-0.39, 0.29) is 6.61 Å². The summed E-state index contributed by atoms with van der Waals surface area (Å²) >= 11 is 0. The van der Waals surface area contributed by atoms with Crippen LogP contribution in [0.25, 0.3) is 0 Å². The van der Waals surface area contributed by atoms with Crippen molar-refractivity contribution in [2.24, 2.45) is 0 Å². The lowest BCUT2D eigenvalue weighted by Crippen LogP contribution is -2.17. The molecule has 0 saturated heterocycles. The van der Waals surface area contributed by atoms with Crippen molar-refractivity contribution in [3.8, 4) is 11.5 Å². The summed E-state index contributed by atoms with van der Waals surface area (Å²) in [5.74, 6) is 0.439. The Kier molecular flexibility index (Phi) is 5.63. The Morgan fingerprint density at radius 2 is 1.95 bits per heavy atom. The van der Waals surface area contributed by atoms with Crippen LogP contribution in [-0.2, 0) is 16.0 Å². The number of aliphatic hydroxyl groups is 1. The molecule has 0 heterocycles. The van der Waals surface area contributed by atoms with Gasteiger partial charge in [-0.25, -0.2) is 4.79 Å². The molecule has 1 aromatic rings. The van der Waals surface area contributed by atoms with E-state index in [2.05, 4.69) is 0 Å². The van der Waals surface area contributed by atoms with Gasteiger partial charge in [0.15, 0.2) is 17.6 Å². The van der Waals surface area contributed by atoms with Gasteiger partial charge in [0.25, 0.3) is 0 Å². The summed E-state index contributed by atoms with van der Waals surface area (Å²) in [6, 6.07) is 3.32. The molecule has 0 aromatic heterocycles. The zero-order valence-corrected chi connectivity index (χ0v) is 11.7. The SMILES string of the molecule is CCOC(=O)C(O)c1ccc(OC)c(OC)c1CC. The van der Waals surface area contributed by atoms with Gasteiger partial charge in [-0.3, -0.25) is 0 Å². The normalized spacial score (nSPS) is 11.8. The number of esters is 1. The second-order valence-electron chi connectivity index (χ2n) is 3.88. The maximum Gasteiger partial charge on any atom is 0.339 e. The summed E-state index contributed by atoms with van der Waals surface area (Å²) in [6.45, 7) is 3.84. The van der Waals surface area contributed by atoms with E-state index in [1.807, 2.05) is 6.92 Å². The highest BCUT2D eigenvalue weighted by atomic mass is 16.5. The van der Waals surface area contributed by atoms with Gasteiger partial charge in [-0.1, -0.05) is 13.0 Å². The second-order valence-corrected chi connectivity index (χ2v) is 3.88. The average molecular weight is 268 g/mol. The molecule has 1 unspecified atom stereocenters. The average Bonchev–Trinajstić information content (AvgIpc) is 2.44. The first kappa shape index (κ1) is 15.3. The molecule has 0 aliphatic carbocycles. The maximum atomic E-state index is 11.6. The summed E-state index contributed by atoms with van der Waals surface area (Å²) in [4.78, 5) is 11.6. The van der Waals surface area contributed by atoms with E-state index < -0.39 is 12.1 Å². The molecular weight excluding hydrogens is 248 g/mol. The van der Waals surface area contributed by atoms with Crippen LogP contribution in [-0.4, -0.2) is 31.9 Å². The summed E-state index contributed by atoms with van der Waals surface area (Å²) in [7, 11) is 3.07. The Balaban J connectivity index is 3.24. The van der Waals surface area contributed by atoms with Gasteiger partial charge >= 0.3 is 5.97 Å². The molecule has 0 spiro atoms. The highest BCUT2D eigenvalue weighted by Gasteiger charge is 2.24. The highest BCUT2D eigenvalue weighted by Crippen LogP contribution is 2.36. The smallest absolute Gasteiger partial charge is 0.339 e. The van der Waals surface area contributed by atoms with Gasteiger partial charge in [0.1, 0.15) is 0 Å². The van der Waals surface area contributed by atoms with Crippen molar-refractivity contribution in [2.75, 3.05) is 20.8 Å². The first-order valence-electron chi connectivity index (χ1n) is 6.19. The second kappa shape index (κ2) is 6.99. The lowest BCUT2D eigenvalue weighted by Gasteiger charge is -2.18. The molecule has 0 aliphatic heterocycles. The number of carbonyl (C=O) groups is 1. The Bertz CT molecular complexity index is 442. The molecule has 1 N–H and O–H groups in total. The van der Waals surface area contributed by atoms with Gasteiger partial charge < -0.3 is 19.3 Å². The van der Waals surface area contributed by atoms with Crippen LogP contribution >= 0.6 is 0 Å². The minimum atomic E-state index is -1.31. The molecule has 19 heavy (non-hydrogen) atoms. The molecular formula is C14H20O5. The van der Waals surface area contributed by atoms with Crippen LogP contribution in [0, 0.1) is 0 Å². The maximum absolute atomic E-state index is 11.6. The Morgan fingerprint density at radius 3 is 2.42 bits per heavy atom. The van der Waals surface area contributed by atoms with Crippen molar-refractivity contribution < 1.29 is 24.1 Å². The molecule has 1 rings (SSSR count). The lowest BCUT2D eigenvalue weighted by molar-refractivity contribution is -0.153. The number of hydrogen-bond donors (Lipinski definition) is 1. The summed E-state index contributed by atoms with van der Waals surface area (Å²) in [5, 5.41) is 10.0. The van der Waals surface area contributed by atoms with Crippen molar-refractivity contribution in [2.45, 2.75) is 26.4 Å². The fraction of sp³-hybridized carbons (Fsp3) is 0.500. The topological polar surface area (TPSA) is 65.0 Å². The van der Waals surface area contributed by atoms with Gasteiger partial charge in [0.2, 0.25) is 0 Å². The largest absolute Gasteiger partial charge is 0.493 e. The van der Waals surface area contributed by atoms with Crippen LogP contribution in [0.2, 0.25) is 0 Å². The van der Waals surface area contributed by atoms with E-state index in [1.54, 1.807) is 26.2 Å². The quantitative estimate of drug-likeness (QED) is 0.798. The van der Waals surface area contributed by atoms with Crippen molar-refractivity contribution in [3.05, 3.63) is 23.3 Å². The highest BCUT2D eigenvalue weighted by molar-refractivity contribution is 5.77. The molecule has 0 bridgehead atoms. The third-order valence-electron chi connectivity index (χ3n) is 2.84. The molecule has 106 valence electrons. The van der Waals surface area contributed by atoms with Crippen LogP contribution in [0.3, 0.4) is 0 Å². The lowest BCUT2D eigenvalue weighted by atomic mass is 9.98. The fourth-order valence-corrected chi connectivity index (χ4v) is 1.98. The Morgan fingerprint density at radius 1 is 1.26 bits per heavy atom. The number of rotatable bonds is 6. The van der Waals surface area contributed by atoms with Crippen molar-refractivity contribution in [3.63, 3.8) is 0 Å². The number of hydrogen-bond acceptors (Lipinski definition) is 5. The summed E-state index contributed by atoms with van der Waals surface area (Å²) in [6.07, 6.45) is -0.707. The van der Waals surface area contributed by atoms with Gasteiger partial charge in [0, 0.05) is 5.56 Å². The molecule has 0 amide bonds. The van der Waals surface area contributed by atoms with Crippen LogP contribution in [0.4, 0.5) is 0 Å². The molecule has 0 fully saturated rings. The minimum Gasteiger partial charge on any atom is -0.493 e. The predicted octanol–water partition coefficient (Wildman–Crippen LogP) is 1.86. The van der Waals surface area contributed by atoms with Gasteiger partial charge in [0.05, 0.1) is 20.8 Å². The van der Waals surface area contributed by atoms with E-state index in [9.17, 15) is 9.90 Å². The zero-order valence-electron chi connectivity index (χ0n) is 11.7. The van der Waals surface area contributed by atoms with Crippen molar-refractivity contribution in [1.29, 1.82) is 0 Å². The number of benzene rings is 1. The molecule has 1 atom stereocenters. The molecule has 0 saturated carbocycles. The van der Waals surface area contributed by atoms with Crippen LogP contribution < -0.4 is 9.47 Å². The number of ether oxygens (including phenoxy) is 3. The molecule has 5 nitrogen and oxygen atoms in total. The van der Waals surface area contributed by atoms with Crippen LogP contribution in [0.5, 0.6) is 11.5 Å². The predicted molar refractivity (Wildman–Crippen MR) is 70.5 cm³/mol. The minimum absolute atomic E-state index is 0.227. The van der Waals surface area contributed by atoms with E-state index in [1.165, 1.54) is 7.11 Å². The van der Waals surface area contributed by atoms with E-state index in [4.69, 9.17) is 14.2 Å². The van der Waals surface area contributed by atoms with E-state index in [0.717, 1.165) is 5.56 Å². The monoisotopic (exact) mass is 268 g/mol.